The van der Waals surface area contributed by atoms with E-state index in [1.165, 1.54) is 5.69 Å². The number of nitrogens with one attached hydrogen (secondary N) is 2. The average Bonchev–Trinajstić information content (AvgIpc) is 2.82. The first kappa shape index (κ1) is 11.3. The van der Waals surface area contributed by atoms with E-state index in [-0.39, 0.29) is 0 Å². The molecular weight excluding hydrogens is 228 g/mol. The molecule has 2 N–H and O–H groups in total. The Morgan fingerprint density at radius 3 is 2.78 bits per heavy atom. The topological polar surface area (TPSA) is 60.1 Å². The van der Waals surface area contributed by atoms with Gasteiger partial charge in [0.2, 0.25) is 5.95 Å². The van der Waals surface area contributed by atoms with Gasteiger partial charge in [-0.2, -0.15) is 4.98 Å². The van der Waals surface area contributed by atoms with Crippen molar-refractivity contribution in [3.05, 3.63) is 12.3 Å². The van der Waals surface area contributed by atoms with Gasteiger partial charge in [-0.3, -0.25) is 0 Å². The number of likely N-dealkylation sites (N-methyl/N-ethyl adjacent to an activating group) is 1. The molecule has 1 aliphatic heterocycles. The average molecular weight is 246 g/mol. The molecule has 1 saturated heterocycles. The molecule has 0 aromatic carbocycles. The minimum atomic E-state index is 0.763. The van der Waals surface area contributed by atoms with E-state index >= 15 is 0 Å². The summed E-state index contributed by atoms with van der Waals surface area (Å²) in [7, 11) is 4.02. The van der Waals surface area contributed by atoms with E-state index in [0.29, 0.717) is 0 Å². The highest BCUT2D eigenvalue weighted by molar-refractivity contribution is 5.87. The lowest BCUT2D eigenvalue weighted by Gasteiger charge is -2.34. The molecular formula is C12H18N6. The fourth-order valence-corrected chi connectivity index (χ4v) is 2.33. The maximum atomic E-state index is 4.39. The van der Waals surface area contributed by atoms with Gasteiger partial charge in [-0.15, -0.1) is 0 Å². The van der Waals surface area contributed by atoms with E-state index in [0.717, 1.165) is 43.3 Å². The Bertz CT molecular complexity index is 540. The first-order valence-corrected chi connectivity index (χ1v) is 6.24. The standard InChI is InChI=1S/C12H18N6/c1-13-12-15-10-9(3-4-14-11(10)16-12)18-7-5-17(2)6-8-18/h3-4H,5-8H2,1-2H3,(H2,13,14,15,16). The third-order valence-electron chi connectivity index (χ3n) is 3.45. The summed E-state index contributed by atoms with van der Waals surface area (Å²) in [4.78, 5) is 16.7. The molecule has 6 heteroatoms. The fourth-order valence-electron chi connectivity index (χ4n) is 2.33. The zero-order valence-electron chi connectivity index (χ0n) is 10.8. The highest BCUT2D eigenvalue weighted by Crippen LogP contribution is 2.25. The molecule has 3 rings (SSSR count). The van der Waals surface area contributed by atoms with Gasteiger partial charge in [0, 0.05) is 39.4 Å². The molecule has 0 unspecified atom stereocenters. The first-order chi connectivity index (χ1) is 8.78. The number of rotatable bonds is 2. The molecule has 0 aliphatic carbocycles. The third-order valence-corrected chi connectivity index (χ3v) is 3.45. The molecule has 0 saturated carbocycles. The van der Waals surface area contributed by atoms with Crippen molar-refractivity contribution in [1.82, 2.24) is 19.9 Å². The largest absolute Gasteiger partial charge is 0.367 e. The molecule has 96 valence electrons. The van der Waals surface area contributed by atoms with Crippen LogP contribution in [0.5, 0.6) is 0 Å². The number of hydrogen-bond donors (Lipinski definition) is 2. The Hall–Kier alpha value is -1.82. The molecule has 1 fully saturated rings. The molecule has 18 heavy (non-hydrogen) atoms. The minimum Gasteiger partial charge on any atom is -0.367 e. The monoisotopic (exact) mass is 246 g/mol. The summed E-state index contributed by atoms with van der Waals surface area (Å²) in [6.45, 7) is 4.28. The number of fused-ring (bicyclic) bond motifs is 1. The van der Waals surface area contributed by atoms with E-state index in [9.17, 15) is 0 Å². The van der Waals surface area contributed by atoms with Gasteiger partial charge in [0.15, 0.2) is 5.65 Å². The lowest BCUT2D eigenvalue weighted by Crippen LogP contribution is -2.44. The third kappa shape index (κ3) is 1.88. The number of H-pyrrole nitrogens is 1. The molecule has 6 nitrogen and oxygen atoms in total. The quantitative estimate of drug-likeness (QED) is 0.819. The Kier molecular flexibility index (Phi) is 2.79. The maximum absolute atomic E-state index is 4.39. The Morgan fingerprint density at radius 1 is 1.28 bits per heavy atom. The predicted octanol–water partition coefficient (Wildman–Crippen LogP) is 0.751. The van der Waals surface area contributed by atoms with Crippen molar-refractivity contribution in [3.8, 4) is 0 Å². The number of anilines is 2. The summed E-state index contributed by atoms with van der Waals surface area (Å²) in [6, 6.07) is 2.06. The van der Waals surface area contributed by atoms with Gasteiger partial charge < -0.3 is 20.1 Å². The van der Waals surface area contributed by atoms with Crippen LogP contribution < -0.4 is 10.2 Å². The summed E-state index contributed by atoms with van der Waals surface area (Å²) in [6.07, 6.45) is 1.83. The van der Waals surface area contributed by atoms with E-state index in [1.807, 2.05) is 13.2 Å². The maximum Gasteiger partial charge on any atom is 0.202 e. The second-order valence-electron chi connectivity index (χ2n) is 4.65. The van der Waals surface area contributed by atoms with Crippen LogP contribution in [0.1, 0.15) is 0 Å². The second-order valence-corrected chi connectivity index (χ2v) is 4.65. The van der Waals surface area contributed by atoms with Gasteiger partial charge in [0.05, 0.1) is 5.69 Å². The minimum absolute atomic E-state index is 0.763. The highest BCUT2D eigenvalue weighted by Gasteiger charge is 2.18. The van der Waals surface area contributed by atoms with Crippen molar-refractivity contribution >= 4 is 22.8 Å². The smallest absolute Gasteiger partial charge is 0.202 e. The van der Waals surface area contributed by atoms with Gasteiger partial charge >= 0.3 is 0 Å². The van der Waals surface area contributed by atoms with Crippen LogP contribution in [-0.2, 0) is 0 Å². The number of hydrogen-bond acceptors (Lipinski definition) is 5. The Balaban J connectivity index is 1.98. The van der Waals surface area contributed by atoms with E-state index < -0.39 is 0 Å². The lowest BCUT2D eigenvalue weighted by molar-refractivity contribution is 0.313. The predicted molar refractivity (Wildman–Crippen MR) is 73.1 cm³/mol. The van der Waals surface area contributed by atoms with Crippen LogP contribution in [0.4, 0.5) is 11.6 Å². The van der Waals surface area contributed by atoms with Gasteiger partial charge in [-0.05, 0) is 13.1 Å². The first-order valence-electron chi connectivity index (χ1n) is 6.24. The Labute approximate surface area is 106 Å². The molecule has 0 amide bonds. The van der Waals surface area contributed by atoms with Crippen molar-refractivity contribution in [3.63, 3.8) is 0 Å². The Morgan fingerprint density at radius 2 is 2.06 bits per heavy atom. The number of pyridine rings is 1. The van der Waals surface area contributed by atoms with E-state index in [2.05, 4.69) is 43.2 Å². The second kappa shape index (κ2) is 4.45. The van der Waals surface area contributed by atoms with Gasteiger partial charge in [0.25, 0.3) is 0 Å². The molecule has 0 spiro atoms. The van der Waals surface area contributed by atoms with Crippen molar-refractivity contribution in [2.24, 2.45) is 0 Å². The van der Waals surface area contributed by atoms with Crippen molar-refractivity contribution in [2.75, 3.05) is 50.5 Å². The number of aromatic nitrogens is 3. The van der Waals surface area contributed by atoms with E-state index in [4.69, 9.17) is 0 Å². The number of piperazine rings is 1. The SMILES string of the molecule is CNc1nc2nccc(N3CCN(C)CC3)c2[nH]1. The number of nitrogens with zero attached hydrogens (tertiary/aromatic N) is 4. The van der Waals surface area contributed by atoms with Gasteiger partial charge in [-0.1, -0.05) is 0 Å². The van der Waals surface area contributed by atoms with E-state index in [1.54, 1.807) is 0 Å². The van der Waals surface area contributed by atoms with Crippen LogP contribution in [0.25, 0.3) is 11.2 Å². The fraction of sp³-hybridized carbons (Fsp3) is 0.500. The number of imidazole rings is 1. The zero-order chi connectivity index (χ0) is 12.5. The summed E-state index contributed by atoms with van der Waals surface area (Å²) in [5, 5.41) is 3.02. The van der Waals surface area contributed by atoms with Crippen LogP contribution in [0.3, 0.4) is 0 Å². The molecule has 2 aromatic heterocycles. The summed E-state index contributed by atoms with van der Waals surface area (Å²) < 4.78 is 0. The number of aromatic amines is 1. The van der Waals surface area contributed by atoms with Crippen LogP contribution in [0, 0.1) is 0 Å². The van der Waals surface area contributed by atoms with Crippen LogP contribution in [0.2, 0.25) is 0 Å². The zero-order valence-corrected chi connectivity index (χ0v) is 10.8. The van der Waals surface area contributed by atoms with Crippen molar-refractivity contribution < 1.29 is 0 Å². The molecule has 1 aliphatic rings. The summed E-state index contributed by atoms with van der Waals surface area (Å²) in [5.41, 5.74) is 2.99. The van der Waals surface area contributed by atoms with Gasteiger partial charge in [0.1, 0.15) is 5.52 Å². The van der Waals surface area contributed by atoms with Gasteiger partial charge in [-0.25, -0.2) is 4.98 Å². The molecule has 0 radical (unpaired) electrons. The van der Waals surface area contributed by atoms with Crippen LogP contribution in [-0.4, -0.2) is 60.1 Å². The lowest BCUT2D eigenvalue weighted by atomic mass is 10.2. The highest BCUT2D eigenvalue weighted by atomic mass is 15.3. The van der Waals surface area contributed by atoms with Crippen molar-refractivity contribution in [1.29, 1.82) is 0 Å². The molecule has 0 atom stereocenters. The molecule has 0 bridgehead atoms. The summed E-state index contributed by atoms with van der Waals surface area (Å²) >= 11 is 0. The van der Waals surface area contributed by atoms with Crippen LogP contribution >= 0.6 is 0 Å². The normalized spacial score (nSPS) is 17.3. The molecule has 2 aromatic rings. The summed E-state index contributed by atoms with van der Waals surface area (Å²) in [5.74, 6) is 0.763. The van der Waals surface area contributed by atoms with Crippen molar-refractivity contribution in [2.45, 2.75) is 0 Å². The molecule has 3 heterocycles. The van der Waals surface area contributed by atoms with Crippen LogP contribution in [0.15, 0.2) is 12.3 Å².